The van der Waals surface area contributed by atoms with Crippen molar-refractivity contribution in [1.82, 2.24) is 29.4 Å². The second-order valence-electron chi connectivity index (χ2n) is 6.02. The summed E-state index contributed by atoms with van der Waals surface area (Å²) in [5.41, 5.74) is 2.35. The van der Waals surface area contributed by atoms with Crippen LogP contribution in [0.1, 0.15) is 11.4 Å². The molecule has 0 radical (unpaired) electrons. The van der Waals surface area contributed by atoms with Crippen LogP contribution in [-0.2, 0) is 27.2 Å². The minimum Gasteiger partial charge on any atom is -0.390 e. The molecule has 0 amide bonds. The van der Waals surface area contributed by atoms with Gasteiger partial charge in [-0.25, -0.2) is 0 Å². The fraction of sp³-hybridized carbons (Fsp3) is 0.600. The second-order valence-corrected chi connectivity index (χ2v) is 6.02. The van der Waals surface area contributed by atoms with Gasteiger partial charge in [0.05, 0.1) is 17.5 Å². The van der Waals surface area contributed by atoms with E-state index in [9.17, 15) is 5.11 Å². The first-order valence-corrected chi connectivity index (χ1v) is 7.68. The highest BCUT2D eigenvalue weighted by Gasteiger charge is 2.22. The highest BCUT2D eigenvalue weighted by molar-refractivity contribution is 5.01. The van der Waals surface area contributed by atoms with Crippen LogP contribution in [0.3, 0.4) is 0 Å². The maximum atomic E-state index is 10.3. The molecular weight excluding hydrogens is 280 g/mol. The molecule has 1 aliphatic heterocycles. The lowest BCUT2D eigenvalue weighted by atomic mass is 10.3. The third kappa shape index (κ3) is 3.55. The van der Waals surface area contributed by atoms with Crippen LogP contribution in [-0.4, -0.2) is 66.8 Å². The monoisotopic (exact) mass is 304 g/mol. The van der Waals surface area contributed by atoms with E-state index in [0.29, 0.717) is 13.1 Å². The van der Waals surface area contributed by atoms with Crippen LogP contribution in [0.25, 0.3) is 0 Å². The van der Waals surface area contributed by atoms with Crippen LogP contribution in [0.4, 0.5) is 0 Å². The van der Waals surface area contributed by atoms with Crippen molar-refractivity contribution in [3.05, 3.63) is 35.9 Å². The average molecular weight is 304 g/mol. The van der Waals surface area contributed by atoms with E-state index in [1.807, 2.05) is 48.0 Å². The summed E-state index contributed by atoms with van der Waals surface area (Å²) in [6.45, 7) is 4.94. The topological polar surface area (TPSA) is 62.4 Å². The summed E-state index contributed by atoms with van der Waals surface area (Å²) < 4.78 is 3.79. The molecule has 1 fully saturated rings. The van der Waals surface area contributed by atoms with Gasteiger partial charge < -0.3 is 5.11 Å². The Morgan fingerprint density at radius 1 is 0.955 bits per heavy atom. The molecule has 3 heterocycles. The van der Waals surface area contributed by atoms with Gasteiger partial charge in [-0.3, -0.25) is 19.2 Å². The highest BCUT2D eigenvalue weighted by Crippen LogP contribution is 2.11. The Bertz CT molecular complexity index is 554. The van der Waals surface area contributed by atoms with Crippen molar-refractivity contribution >= 4 is 0 Å². The van der Waals surface area contributed by atoms with E-state index >= 15 is 0 Å². The van der Waals surface area contributed by atoms with Gasteiger partial charge in [0.2, 0.25) is 0 Å². The molecule has 3 rings (SSSR count). The number of hydrogen-bond donors (Lipinski definition) is 1. The van der Waals surface area contributed by atoms with E-state index in [4.69, 9.17) is 0 Å². The summed E-state index contributed by atoms with van der Waals surface area (Å²) in [7, 11) is 3.91. The minimum absolute atomic E-state index is 0.330. The largest absolute Gasteiger partial charge is 0.390 e. The van der Waals surface area contributed by atoms with Gasteiger partial charge >= 0.3 is 0 Å². The lowest BCUT2D eigenvalue weighted by molar-refractivity contribution is 0.104. The molecular formula is C15H24N6O. The summed E-state index contributed by atoms with van der Waals surface area (Å²) >= 11 is 0. The molecule has 0 aliphatic carbocycles. The molecule has 1 N–H and O–H groups in total. The quantitative estimate of drug-likeness (QED) is 0.850. The maximum Gasteiger partial charge on any atom is 0.0794 e. The SMILES string of the molecule is Cn1nccc1CN1CCN(Cc2ccnn2C)CC(O)C1. The zero-order valence-corrected chi connectivity index (χ0v) is 13.3. The van der Waals surface area contributed by atoms with Gasteiger partial charge in [0, 0.05) is 65.8 Å². The van der Waals surface area contributed by atoms with Crippen molar-refractivity contribution < 1.29 is 5.11 Å². The number of β-amino-alcohol motifs (C(OH)–C–C–N with tert-alkyl or cyclic N) is 1. The van der Waals surface area contributed by atoms with Crippen LogP contribution in [0.2, 0.25) is 0 Å². The zero-order chi connectivity index (χ0) is 15.5. The molecule has 0 bridgehead atoms. The van der Waals surface area contributed by atoms with Crippen molar-refractivity contribution in [3.63, 3.8) is 0 Å². The number of nitrogens with zero attached hydrogens (tertiary/aromatic N) is 6. The number of aliphatic hydroxyl groups excluding tert-OH is 1. The summed E-state index contributed by atoms with van der Waals surface area (Å²) in [4.78, 5) is 4.59. The Labute approximate surface area is 130 Å². The summed E-state index contributed by atoms with van der Waals surface area (Å²) in [6, 6.07) is 4.06. The first-order chi connectivity index (χ1) is 10.6. The van der Waals surface area contributed by atoms with Crippen LogP contribution in [0.15, 0.2) is 24.5 Å². The Morgan fingerprint density at radius 3 is 1.77 bits per heavy atom. The standard InChI is InChI=1S/C15H24N6O/c1-18-13(3-5-16-18)9-20-7-8-21(12-15(22)11-20)10-14-4-6-17-19(14)2/h3-6,15,22H,7-12H2,1-2H3. The molecule has 0 spiro atoms. The molecule has 0 unspecified atom stereocenters. The van der Waals surface area contributed by atoms with E-state index in [0.717, 1.165) is 26.2 Å². The van der Waals surface area contributed by atoms with Crippen LogP contribution >= 0.6 is 0 Å². The molecule has 7 heteroatoms. The number of aromatic nitrogens is 4. The molecule has 1 saturated heterocycles. The lowest BCUT2D eigenvalue weighted by Crippen LogP contribution is -2.33. The Morgan fingerprint density at radius 2 is 1.41 bits per heavy atom. The van der Waals surface area contributed by atoms with Gasteiger partial charge in [0.25, 0.3) is 0 Å². The van der Waals surface area contributed by atoms with Crippen LogP contribution in [0, 0.1) is 0 Å². The van der Waals surface area contributed by atoms with Crippen molar-refractivity contribution in [3.8, 4) is 0 Å². The minimum atomic E-state index is -0.330. The molecule has 0 saturated carbocycles. The third-order valence-corrected chi connectivity index (χ3v) is 4.29. The third-order valence-electron chi connectivity index (χ3n) is 4.29. The summed E-state index contributed by atoms with van der Waals surface area (Å²) in [5, 5.41) is 18.7. The van der Waals surface area contributed by atoms with Gasteiger partial charge in [-0.15, -0.1) is 0 Å². The van der Waals surface area contributed by atoms with Gasteiger partial charge in [-0.05, 0) is 12.1 Å². The van der Waals surface area contributed by atoms with Crippen molar-refractivity contribution in [1.29, 1.82) is 0 Å². The molecule has 1 aliphatic rings. The van der Waals surface area contributed by atoms with Crippen molar-refractivity contribution in [2.75, 3.05) is 26.2 Å². The van der Waals surface area contributed by atoms with Gasteiger partial charge in [-0.2, -0.15) is 10.2 Å². The molecule has 2 aromatic rings. The average Bonchev–Trinajstić information content (AvgIpc) is 3.00. The van der Waals surface area contributed by atoms with E-state index in [1.54, 1.807) is 0 Å². The van der Waals surface area contributed by atoms with Crippen molar-refractivity contribution in [2.45, 2.75) is 19.2 Å². The van der Waals surface area contributed by atoms with Crippen LogP contribution < -0.4 is 0 Å². The van der Waals surface area contributed by atoms with Gasteiger partial charge in [0.1, 0.15) is 0 Å². The first kappa shape index (κ1) is 15.2. The number of aryl methyl sites for hydroxylation is 2. The Hall–Kier alpha value is -1.70. The molecule has 0 atom stereocenters. The zero-order valence-electron chi connectivity index (χ0n) is 13.3. The molecule has 120 valence electrons. The van der Waals surface area contributed by atoms with E-state index < -0.39 is 0 Å². The number of rotatable bonds is 4. The molecule has 0 aromatic carbocycles. The number of hydrogen-bond acceptors (Lipinski definition) is 5. The van der Waals surface area contributed by atoms with E-state index in [1.165, 1.54) is 11.4 Å². The smallest absolute Gasteiger partial charge is 0.0794 e. The summed E-state index contributed by atoms with van der Waals surface area (Å²) in [5.74, 6) is 0. The Balaban J connectivity index is 1.60. The second kappa shape index (κ2) is 6.60. The molecule has 22 heavy (non-hydrogen) atoms. The predicted molar refractivity (Wildman–Crippen MR) is 83.0 cm³/mol. The first-order valence-electron chi connectivity index (χ1n) is 7.68. The van der Waals surface area contributed by atoms with Gasteiger partial charge in [-0.1, -0.05) is 0 Å². The maximum absolute atomic E-state index is 10.3. The van der Waals surface area contributed by atoms with Crippen LogP contribution in [0.5, 0.6) is 0 Å². The van der Waals surface area contributed by atoms with Crippen molar-refractivity contribution in [2.24, 2.45) is 14.1 Å². The Kier molecular flexibility index (Phi) is 4.56. The van der Waals surface area contributed by atoms with E-state index in [2.05, 4.69) is 20.0 Å². The molecule has 7 nitrogen and oxygen atoms in total. The lowest BCUT2D eigenvalue weighted by Gasteiger charge is -2.21. The highest BCUT2D eigenvalue weighted by atomic mass is 16.3. The van der Waals surface area contributed by atoms with E-state index in [-0.39, 0.29) is 6.10 Å². The van der Waals surface area contributed by atoms with Gasteiger partial charge in [0.15, 0.2) is 0 Å². The predicted octanol–water partition coefficient (Wildman–Crippen LogP) is -0.168. The fourth-order valence-electron chi connectivity index (χ4n) is 2.98. The fourth-order valence-corrected chi connectivity index (χ4v) is 2.98. The normalized spacial score (nSPS) is 18.7. The number of aliphatic hydroxyl groups is 1. The summed E-state index contributed by atoms with van der Waals surface area (Å²) in [6.07, 6.45) is 3.31. The molecule has 2 aromatic heterocycles.